The zero-order valence-corrected chi connectivity index (χ0v) is 10.1. The number of likely N-dealkylation sites (N-methyl/N-ethyl adjacent to an activating group) is 1. The first-order chi connectivity index (χ1) is 7.54. The fourth-order valence-electron chi connectivity index (χ4n) is 1.98. The maximum atomic E-state index is 12.2. The smallest absolute Gasteiger partial charge is 0.242 e. The molecule has 16 heavy (non-hydrogen) atoms. The first-order valence-corrected chi connectivity index (χ1v) is 5.59. The van der Waals surface area contributed by atoms with Gasteiger partial charge in [0.2, 0.25) is 5.91 Å². The van der Waals surface area contributed by atoms with Gasteiger partial charge in [0, 0.05) is 13.1 Å². The molecule has 1 N–H and O–H groups in total. The van der Waals surface area contributed by atoms with Gasteiger partial charge in [-0.1, -0.05) is 24.3 Å². The van der Waals surface area contributed by atoms with Crippen LogP contribution in [-0.4, -0.2) is 23.4 Å². The van der Waals surface area contributed by atoms with E-state index in [-0.39, 0.29) is 5.91 Å². The molecular formula is C13H18N2O. The number of nitrogens with zero attached hydrogens (tertiary/aromatic N) is 1. The van der Waals surface area contributed by atoms with Gasteiger partial charge in [-0.05, 0) is 32.0 Å². The number of amides is 1. The Balaban J connectivity index is 2.15. The zero-order chi connectivity index (χ0) is 11.8. The molecule has 0 unspecified atom stereocenters. The van der Waals surface area contributed by atoms with Crippen LogP contribution in [0.3, 0.4) is 0 Å². The largest absolute Gasteiger partial charge is 0.332 e. The molecule has 0 fully saturated rings. The maximum Gasteiger partial charge on any atom is 0.242 e. The summed E-state index contributed by atoms with van der Waals surface area (Å²) < 4.78 is 0. The molecule has 0 aromatic heterocycles. The Morgan fingerprint density at radius 2 is 1.75 bits per heavy atom. The maximum absolute atomic E-state index is 12.2. The molecule has 86 valence electrons. The first-order valence-electron chi connectivity index (χ1n) is 5.59. The number of hydrogen-bond acceptors (Lipinski definition) is 2. The molecule has 0 saturated heterocycles. The number of nitrogens with one attached hydrogen (secondary N) is 1. The van der Waals surface area contributed by atoms with Crippen LogP contribution in [0.1, 0.15) is 25.0 Å². The fraction of sp³-hybridized carbons (Fsp3) is 0.462. The fourth-order valence-corrected chi connectivity index (χ4v) is 1.98. The average Bonchev–Trinajstić information content (AvgIpc) is 2.71. The Morgan fingerprint density at radius 3 is 2.19 bits per heavy atom. The van der Waals surface area contributed by atoms with Gasteiger partial charge in [0.25, 0.3) is 0 Å². The predicted octanol–water partition coefficient (Wildman–Crippen LogP) is 1.53. The van der Waals surface area contributed by atoms with Crippen LogP contribution in [0.2, 0.25) is 0 Å². The number of hydrogen-bond donors (Lipinski definition) is 1. The van der Waals surface area contributed by atoms with Crippen molar-refractivity contribution in [3.05, 3.63) is 35.4 Å². The Morgan fingerprint density at radius 1 is 1.25 bits per heavy atom. The second kappa shape index (κ2) is 3.91. The second-order valence-corrected chi connectivity index (χ2v) is 4.80. The molecule has 0 bridgehead atoms. The summed E-state index contributed by atoms with van der Waals surface area (Å²) in [7, 11) is 1.82. The Bertz CT molecular complexity index is 387. The van der Waals surface area contributed by atoms with Gasteiger partial charge in [-0.15, -0.1) is 0 Å². The van der Waals surface area contributed by atoms with Gasteiger partial charge in [0.15, 0.2) is 0 Å². The van der Waals surface area contributed by atoms with Crippen LogP contribution < -0.4 is 5.32 Å². The molecule has 0 radical (unpaired) electrons. The molecule has 3 heteroatoms. The molecule has 0 atom stereocenters. The summed E-state index contributed by atoms with van der Waals surface area (Å²) in [6, 6.07) is 8.23. The van der Waals surface area contributed by atoms with Gasteiger partial charge in [-0.2, -0.15) is 0 Å². The van der Waals surface area contributed by atoms with E-state index in [0.717, 1.165) is 13.1 Å². The van der Waals surface area contributed by atoms with Gasteiger partial charge < -0.3 is 10.2 Å². The molecule has 1 amide bonds. The quantitative estimate of drug-likeness (QED) is 0.816. The summed E-state index contributed by atoms with van der Waals surface area (Å²) in [5.74, 6) is 0.159. The van der Waals surface area contributed by atoms with Crippen molar-refractivity contribution in [2.75, 3.05) is 7.05 Å². The molecule has 1 heterocycles. The Hall–Kier alpha value is -1.35. The van der Waals surface area contributed by atoms with Gasteiger partial charge in [0.05, 0.1) is 5.54 Å². The van der Waals surface area contributed by atoms with Gasteiger partial charge in [-0.25, -0.2) is 0 Å². The molecule has 0 aliphatic carbocycles. The lowest BCUT2D eigenvalue weighted by molar-refractivity contribution is -0.137. The lowest BCUT2D eigenvalue weighted by Gasteiger charge is -2.28. The third-order valence-corrected chi connectivity index (χ3v) is 3.29. The molecule has 1 aliphatic heterocycles. The minimum absolute atomic E-state index is 0.159. The lowest BCUT2D eigenvalue weighted by atomic mass is 10.0. The average molecular weight is 218 g/mol. The third kappa shape index (κ3) is 1.83. The summed E-state index contributed by atoms with van der Waals surface area (Å²) in [5.41, 5.74) is 2.05. The highest BCUT2D eigenvalue weighted by Crippen LogP contribution is 2.24. The molecule has 1 aromatic rings. The van der Waals surface area contributed by atoms with E-state index in [2.05, 4.69) is 17.4 Å². The van der Waals surface area contributed by atoms with Crippen LogP contribution >= 0.6 is 0 Å². The van der Waals surface area contributed by atoms with Crippen molar-refractivity contribution in [3.8, 4) is 0 Å². The summed E-state index contributed by atoms with van der Waals surface area (Å²) in [4.78, 5) is 14.1. The van der Waals surface area contributed by atoms with Gasteiger partial charge in [-0.3, -0.25) is 4.79 Å². The van der Waals surface area contributed by atoms with Crippen molar-refractivity contribution in [1.29, 1.82) is 0 Å². The van der Waals surface area contributed by atoms with E-state index in [0.29, 0.717) is 0 Å². The Kier molecular flexibility index (Phi) is 2.72. The standard InChI is InChI=1S/C13H18N2O/c1-13(2,14-3)12(16)15-8-10-6-4-5-7-11(10)9-15/h4-7,14H,8-9H2,1-3H3. The minimum atomic E-state index is -0.484. The second-order valence-electron chi connectivity index (χ2n) is 4.80. The third-order valence-electron chi connectivity index (χ3n) is 3.29. The van der Waals surface area contributed by atoms with Crippen molar-refractivity contribution in [2.24, 2.45) is 0 Å². The summed E-state index contributed by atoms with van der Waals surface area (Å²) in [6.45, 7) is 5.30. The predicted molar refractivity (Wildman–Crippen MR) is 63.8 cm³/mol. The zero-order valence-electron chi connectivity index (χ0n) is 10.1. The van der Waals surface area contributed by atoms with Crippen molar-refractivity contribution in [3.63, 3.8) is 0 Å². The van der Waals surface area contributed by atoms with Gasteiger partial charge in [0.1, 0.15) is 0 Å². The summed E-state index contributed by atoms with van der Waals surface area (Å²) in [5, 5.41) is 3.05. The number of carbonyl (C=O) groups is 1. The molecule has 2 rings (SSSR count). The van der Waals surface area contributed by atoms with Crippen LogP contribution in [-0.2, 0) is 17.9 Å². The SMILES string of the molecule is CNC(C)(C)C(=O)N1Cc2ccccc2C1. The molecule has 0 spiro atoms. The van der Waals surface area contributed by atoms with E-state index in [1.54, 1.807) is 0 Å². The van der Waals surface area contributed by atoms with E-state index in [1.165, 1.54) is 11.1 Å². The molecule has 1 aromatic carbocycles. The topological polar surface area (TPSA) is 32.3 Å². The van der Waals surface area contributed by atoms with E-state index in [9.17, 15) is 4.79 Å². The monoisotopic (exact) mass is 218 g/mol. The highest BCUT2D eigenvalue weighted by molar-refractivity contribution is 5.86. The van der Waals surface area contributed by atoms with E-state index >= 15 is 0 Å². The number of carbonyl (C=O) groups excluding carboxylic acids is 1. The van der Waals surface area contributed by atoms with Crippen molar-refractivity contribution >= 4 is 5.91 Å². The molecule has 1 aliphatic rings. The summed E-state index contributed by atoms with van der Waals surface area (Å²) in [6.07, 6.45) is 0. The molecule has 3 nitrogen and oxygen atoms in total. The molecule has 0 saturated carbocycles. The lowest BCUT2D eigenvalue weighted by Crippen LogP contribution is -2.51. The number of fused-ring (bicyclic) bond motifs is 1. The normalized spacial score (nSPS) is 15.1. The van der Waals surface area contributed by atoms with E-state index in [1.807, 2.05) is 37.9 Å². The highest BCUT2D eigenvalue weighted by Gasteiger charge is 2.33. The van der Waals surface area contributed by atoms with E-state index in [4.69, 9.17) is 0 Å². The van der Waals surface area contributed by atoms with Crippen molar-refractivity contribution in [2.45, 2.75) is 32.5 Å². The van der Waals surface area contributed by atoms with Crippen LogP contribution in [0.15, 0.2) is 24.3 Å². The van der Waals surface area contributed by atoms with Crippen LogP contribution in [0, 0.1) is 0 Å². The highest BCUT2D eigenvalue weighted by atomic mass is 16.2. The number of rotatable bonds is 2. The van der Waals surface area contributed by atoms with Crippen molar-refractivity contribution < 1.29 is 4.79 Å². The van der Waals surface area contributed by atoms with Crippen LogP contribution in [0.25, 0.3) is 0 Å². The Labute approximate surface area is 96.5 Å². The molecular weight excluding hydrogens is 200 g/mol. The van der Waals surface area contributed by atoms with Crippen LogP contribution in [0.5, 0.6) is 0 Å². The summed E-state index contributed by atoms with van der Waals surface area (Å²) >= 11 is 0. The first kappa shape index (κ1) is 11.1. The van der Waals surface area contributed by atoms with Gasteiger partial charge >= 0.3 is 0 Å². The van der Waals surface area contributed by atoms with Crippen LogP contribution in [0.4, 0.5) is 0 Å². The minimum Gasteiger partial charge on any atom is -0.332 e. The van der Waals surface area contributed by atoms with E-state index < -0.39 is 5.54 Å². The number of benzene rings is 1. The van der Waals surface area contributed by atoms with Crippen molar-refractivity contribution in [1.82, 2.24) is 10.2 Å².